The van der Waals surface area contributed by atoms with Crippen molar-refractivity contribution in [2.24, 2.45) is 0 Å². The van der Waals surface area contributed by atoms with Crippen LogP contribution in [0.25, 0.3) is 0 Å². The number of benzene rings is 1. The summed E-state index contributed by atoms with van der Waals surface area (Å²) in [6.07, 6.45) is -1.84. The highest BCUT2D eigenvalue weighted by Crippen LogP contribution is 2.28. The van der Waals surface area contributed by atoms with Crippen LogP contribution in [0.2, 0.25) is 0 Å². The average molecular weight is 198 g/mol. The molecule has 0 aliphatic carbocycles. The summed E-state index contributed by atoms with van der Waals surface area (Å²) in [5, 5.41) is 0. The Morgan fingerprint density at radius 3 is 2.43 bits per heavy atom. The van der Waals surface area contributed by atoms with Crippen LogP contribution in [0.3, 0.4) is 0 Å². The summed E-state index contributed by atoms with van der Waals surface area (Å²) in [5.41, 5.74) is 1.16. The lowest BCUT2D eigenvalue weighted by Crippen LogP contribution is -2.01. The lowest BCUT2D eigenvalue weighted by Gasteiger charge is -2.11. The van der Waals surface area contributed by atoms with Crippen LogP contribution in [-0.4, -0.2) is 6.29 Å². The first-order valence-corrected chi connectivity index (χ1v) is 4.40. The maximum atomic E-state index is 12.6. The van der Waals surface area contributed by atoms with Crippen molar-refractivity contribution < 1.29 is 13.6 Å². The maximum absolute atomic E-state index is 12.6. The second kappa shape index (κ2) is 4.31. The van der Waals surface area contributed by atoms with Crippen molar-refractivity contribution in [1.29, 1.82) is 0 Å². The number of carbonyl (C=O) groups is 1. The Balaban J connectivity index is 3.21. The molecule has 0 saturated carbocycles. The van der Waals surface area contributed by atoms with Crippen molar-refractivity contribution in [3.8, 4) is 0 Å². The fraction of sp³-hybridized carbons (Fsp3) is 0.364. The molecule has 0 aromatic heterocycles. The quantitative estimate of drug-likeness (QED) is 0.681. The van der Waals surface area contributed by atoms with E-state index in [1.807, 2.05) is 0 Å². The summed E-state index contributed by atoms with van der Waals surface area (Å²) in [5.74, 6) is -0.473. The molecule has 0 amide bonds. The van der Waals surface area contributed by atoms with Crippen molar-refractivity contribution in [3.63, 3.8) is 0 Å². The van der Waals surface area contributed by atoms with Crippen LogP contribution >= 0.6 is 0 Å². The zero-order valence-electron chi connectivity index (χ0n) is 8.13. The first-order chi connectivity index (χ1) is 6.56. The minimum absolute atomic E-state index is 0.0374. The summed E-state index contributed by atoms with van der Waals surface area (Å²) < 4.78 is 25.2. The van der Waals surface area contributed by atoms with Gasteiger partial charge in [0.1, 0.15) is 6.29 Å². The maximum Gasteiger partial charge on any atom is 0.264 e. The minimum atomic E-state index is -2.52. The van der Waals surface area contributed by atoms with Gasteiger partial charge in [-0.2, -0.15) is 0 Å². The van der Waals surface area contributed by atoms with Crippen molar-refractivity contribution in [2.75, 3.05) is 0 Å². The van der Waals surface area contributed by atoms with E-state index in [1.54, 1.807) is 26.0 Å². The molecule has 0 spiro atoms. The van der Waals surface area contributed by atoms with Gasteiger partial charge in [0, 0.05) is 11.5 Å². The molecule has 1 atom stereocenters. The Morgan fingerprint density at radius 2 is 1.93 bits per heavy atom. The molecule has 1 rings (SSSR count). The molecule has 0 radical (unpaired) electrons. The highest BCUT2D eigenvalue weighted by molar-refractivity contribution is 5.62. The van der Waals surface area contributed by atoms with E-state index < -0.39 is 12.3 Å². The van der Waals surface area contributed by atoms with Gasteiger partial charge in [-0.1, -0.05) is 30.7 Å². The standard InChI is InChI=1S/C11H12F2O/c1-7-3-4-9(8(2)6-14)10(5-7)11(12)13/h3-6,8,11H,1-2H3. The van der Waals surface area contributed by atoms with Gasteiger partial charge >= 0.3 is 0 Å². The predicted molar refractivity (Wildman–Crippen MR) is 50.6 cm³/mol. The number of rotatable bonds is 3. The van der Waals surface area contributed by atoms with Crippen LogP contribution in [0.4, 0.5) is 8.78 Å². The first kappa shape index (κ1) is 10.8. The third-order valence-electron chi connectivity index (χ3n) is 2.17. The van der Waals surface area contributed by atoms with E-state index in [0.717, 1.165) is 5.56 Å². The normalized spacial score (nSPS) is 12.9. The largest absolute Gasteiger partial charge is 0.303 e. The third kappa shape index (κ3) is 2.16. The second-order valence-corrected chi connectivity index (χ2v) is 3.36. The molecule has 76 valence electrons. The average Bonchev–Trinajstić information content (AvgIpc) is 2.16. The lowest BCUT2D eigenvalue weighted by molar-refractivity contribution is -0.108. The molecule has 1 nitrogen and oxygen atoms in total. The lowest BCUT2D eigenvalue weighted by atomic mass is 9.95. The number of hydrogen-bond donors (Lipinski definition) is 0. The molecule has 1 aromatic rings. The van der Waals surface area contributed by atoms with E-state index in [0.29, 0.717) is 11.8 Å². The first-order valence-electron chi connectivity index (χ1n) is 4.40. The van der Waals surface area contributed by atoms with Gasteiger partial charge in [-0.15, -0.1) is 0 Å². The molecule has 0 aliphatic rings. The summed E-state index contributed by atoms with van der Waals surface area (Å²) >= 11 is 0. The number of carbonyl (C=O) groups excluding carboxylic acids is 1. The highest BCUT2D eigenvalue weighted by Gasteiger charge is 2.16. The number of aldehydes is 1. The molecule has 0 heterocycles. The van der Waals surface area contributed by atoms with E-state index in [4.69, 9.17) is 0 Å². The molecule has 0 aliphatic heterocycles. The van der Waals surface area contributed by atoms with Crippen LogP contribution in [0.5, 0.6) is 0 Å². The SMILES string of the molecule is Cc1ccc(C(C)C=O)c(C(F)F)c1. The molecule has 3 heteroatoms. The predicted octanol–water partition coefficient (Wildman–Crippen LogP) is 3.24. The van der Waals surface area contributed by atoms with E-state index in [1.165, 1.54) is 6.07 Å². The molecule has 1 unspecified atom stereocenters. The summed E-state index contributed by atoms with van der Waals surface area (Å²) in [7, 11) is 0. The molecule has 0 N–H and O–H groups in total. The van der Waals surface area contributed by atoms with Gasteiger partial charge in [-0.05, 0) is 12.5 Å². The Labute approximate surface area is 81.7 Å². The van der Waals surface area contributed by atoms with Gasteiger partial charge in [0.05, 0.1) is 0 Å². The molecule has 1 aromatic carbocycles. The van der Waals surface area contributed by atoms with Crippen molar-refractivity contribution in [3.05, 3.63) is 34.9 Å². The molecule has 14 heavy (non-hydrogen) atoms. The van der Waals surface area contributed by atoms with Gasteiger partial charge in [0.15, 0.2) is 0 Å². The van der Waals surface area contributed by atoms with Gasteiger partial charge in [-0.25, -0.2) is 8.78 Å². The molecule has 0 bridgehead atoms. The summed E-state index contributed by atoms with van der Waals surface area (Å²) in [6.45, 7) is 3.37. The number of aryl methyl sites for hydroxylation is 1. The Morgan fingerprint density at radius 1 is 1.29 bits per heavy atom. The number of halogens is 2. The molecular weight excluding hydrogens is 186 g/mol. The van der Waals surface area contributed by atoms with Crippen LogP contribution in [0, 0.1) is 6.92 Å². The van der Waals surface area contributed by atoms with Crippen LogP contribution < -0.4 is 0 Å². The Hall–Kier alpha value is -1.25. The fourth-order valence-corrected chi connectivity index (χ4v) is 1.37. The smallest absolute Gasteiger partial charge is 0.264 e. The molecular formula is C11H12F2O. The number of hydrogen-bond acceptors (Lipinski definition) is 1. The van der Waals surface area contributed by atoms with Crippen molar-refractivity contribution >= 4 is 6.29 Å². The fourth-order valence-electron chi connectivity index (χ4n) is 1.37. The highest BCUT2D eigenvalue weighted by atomic mass is 19.3. The van der Waals surface area contributed by atoms with E-state index in [2.05, 4.69) is 0 Å². The van der Waals surface area contributed by atoms with Crippen molar-refractivity contribution in [1.82, 2.24) is 0 Å². The zero-order chi connectivity index (χ0) is 10.7. The van der Waals surface area contributed by atoms with Crippen molar-refractivity contribution in [2.45, 2.75) is 26.2 Å². The molecule has 0 saturated heterocycles. The summed E-state index contributed by atoms with van der Waals surface area (Å²) in [4.78, 5) is 10.5. The third-order valence-corrected chi connectivity index (χ3v) is 2.17. The van der Waals surface area contributed by atoms with E-state index in [-0.39, 0.29) is 5.56 Å². The second-order valence-electron chi connectivity index (χ2n) is 3.36. The Kier molecular flexibility index (Phi) is 3.33. The van der Waals surface area contributed by atoms with Crippen LogP contribution in [0.1, 0.15) is 36.0 Å². The van der Waals surface area contributed by atoms with Crippen LogP contribution in [0.15, 0.2) is 18.2 Å². The minimum Gasteiger partial charge on any atom is -0.303 e. The van der Waals surface area contributed by atoms with E-state index in [9.17, 15) is 13.6 Å². The van der Waals surface area contributed by atoms with Gasteiger partial charge < -0.3 is 4.79 Å². The zero-order valence-corrected chi connectivity index (χ0v) is 8.13. The van der Waals surface area contributed by atoms with Gasteiger partial charge in [0.25, 0.3) is 6.43 Å². The van der Waals surface area contributed by atoms with Crippen LogP contribution in [-0.2, 0) is 4.79 Å². The van der Waals surface area contributed by atoms with Gasteiger partial charge in [-0.3, -0.25) is 0 Å². The monoisotopic (exact) mass is 198 g/mol. The molecule has 0 fully saturated rings. The number of alkyl halides is 2. The Bertz CT molecular complexity index is 334. The van der Waals surface area contributed by atoms with Gasteiger partial charge in [0.2, 0.25) is 0 Å². The van der Waals surface area contributed by atoms with E-state index >= 15 is 0 Å². The summed E-state index contributed by atoms with van der Waals surface area (Å²) in [6, 6.07) is 4.76. The topological polar surface area (TPSA) is 17.1 Å².